The number of ether oxygens (including phenoxy) is 1. The molecule has 0 bridgehead atoms. The molecule has 104 valence electrons. The Hall–Kier alpha value is -3.02. The highest BCUT2D eigenvalue weighted by Crippen LogP contribution is 2.30. The van der Waals surface area contributed by atoms with Gasteiger partial charge in [-0.1, -0.05) is 24.3 Å². The number of carboxylic acids is 1. The second kappa shape index (κ2) is 5.16. The summed E-state index contributed by atoms with van der Waals surface area (Å²) < 4.78 is 19.1. The van der Waals surface area contributed by atoms with Gasteiger partial charge in [-0.3, -0.25) is 0 Å². The molecule has 6 heteroatoms. The fourth-order valence-corrected chi connectivity index (χ4v) is 1.98. The van der Waals surface area contributed by atoms with E-state index in [4.69, 9.17) is 9.84 Å². The van der Waals surface area contributed by atoms with Gasteiger partial charge in [0.15, 0.2) is 0 Å². The van der Waals surface area contributed by atoms with Crippen molar-refractivity contribution in [2.45, 2.75) is 0 Å². The normalized spacial score (nSPS) is 10.5. The number of carbonyl (C=O) groups is 1. The zero-order valence-electron chi connectivity index (χ0n) is 10.7. The Morgan fingerprint density at radius 2 is 1.95 bits per heavy atom. The molecule has 0 aliphatic heterocycles. The van der Waals surface area contributed by atoms with E-state index in [0.29, 0.717) is 5.39 Å². The first-order valence-electron chi connectivity index (χ1n) is 6.07. The van der Waals surface area contributed by atoms with Gasteiger partial charge < -0.3 is 9.84 Å². The molecule has 0 aliphatic carbocycles. The smallest absolute Gasteiger partial charge is 0.342 e. The fraction of sp³-hybridized carbons (Fsp3) is 0. The summed E-state index contributed by atoms with van der Waals surface area (Å²) in [7, 11) is 0. The lowest BCUT2D eigenvalue weighted by Gasteiger charge is -2.09. The van der Waals surface area contributed by atoms with Crippen LogP contribution in [0, 0.1) is 5.82 Å². The molecule has 0 aliphatic rings. The van der Waals surface area contributed by atoms with Crippen molar-refractivity contribution >= 4 is 16.7 Å². The van der Waals surface area contributed by atoms with Gasteiger partial charge in [0.05, 0.1) is 6.20 Å². The monoisotopic (exact) mass is 284 g/mol. The van der Waals surface area contributed by atoms with Crippen molar-refractivity contribution in [2.24, 2.45) is 0 Å². The van der Waals surface area contributed by atoms with Gasteiger partial charge in [-0.25, -0.2) is 9.18 Å². The van der Waals surface area contributed by atoms with E-state index in [2.05, 4.69) is 10.2 Å². The van der Waals surface area contributed by atoms with Crippen LogP contribution >= 0.6 is 0 Å². The molecule has 1 heterocycles. The fourth-order valence-electron chi connectivity index (χ4n) is 1.98. The first kappa shape index (κ1) is 13.0. The summed E-state index contributed by atoms with van der Waals surface area (Å²) in [5.41, 5.74) is -0.535. The molecule has 0 unspecified atom stereocenters. The highest BCUT2D eigenvalue weighted by Gasteiger charge is 2.18. The molecule has 21 heavy (non-hydrogen) atoms. The van der Waals surface area contributed by atoms with Crippen molar-refractivity contribution in [3.63, 3.8) is 0 Å². The van der Waals surface area contributed by atoms with E-state index in [1.54, 1.807) is 18.3 Å². The molecule has 1 N–H and O–H groups in total. The molecule has 0 atom stereocenters. The predicted octanol–water partition coefficient (Wildman–Crippen LogP) is 3.26. The van der Waals surface area contributed by atoms with E-state index in [9.17, 15) is 9.18 Å². The largest absolute Gasteiger partial charge is 0.477 e. The molecule has 0 saturated carbocycles. The minimum Gasteiger partial charge on any atom is -0.477 e. The molecule has 3 aromatic rings. The minimum absolute atomic E-state index is 0.117. The Bertz CT molecular complexity index is 831. The van der Waals surface area contributed by atoms with Gasteiger partial charge in [0.2, 0.25) is 5.88 Å². The van der Waals surface area contributed by atoms with Crippen LogP contribution in [0.4, 0.5) is 4.39 Å². The maximum absolute atomic E-state index is 13.6. The van der Waals surface area contributed by atoms with Crippen molar-refractivity contribution in [1.29, 1.82) is 0 Å². The second-order valence-corrected chi connectivity index (χ2v) is 4.26. The summed E-state index contributed by atoms with van der Waals surface area (Å²) >= 11 is 0. The first-order chi connectivity index (χ1) is 10.2. The average molecular weight is 284 g/mol. The molecule has 1 aromatic heterocycles. The van der Waals surface area contributed by atoms with Gasteiger partial charge in [0.25, 0.3) is 0 Å². The van der Waals surface area contributed by atoms with E-state index in [1.165, 1.54) is 12.1 Å². The van der Waals surface area contributed by atoms with E-state index in [-0.39, 0.29) is 11.6 Å². The third-order valence-electron chi connectivity index (χ3n) is 2.93. The number of halogens is 1. The number of nitrogens with zero attached hydrogens (tertiary/aromatic N) is 2. The lowest BCUT2D eigenvalue weighted by atomic mass is 10.2. The van der Waals surface area contributed by atoms with Crippen LogP contribution in [0.2, 0.25) is 0 Å². The number of rotatable bonds is 3. The number of hydrogen-bond acceptors (Lipinski definition) is 4. The topological polar surface area (TPSA) is 72.3 Å². The van der Waals surface area contributed by atoms with Crippen molar-refractivity contribution in [3.8, 4) is 11.6 Å². The third-order valence-corrected chi connectivity index (χ3v) is 2.93. The summed E-state index contributed by atoms with van der Waals surface area (Å²) in [4.78, 5) is 11.1. The van der Waals surface area contributed by atoms with Gasteiger partial charge in [0, 0.05) is 10.8 Å². The quantitative estimate of drug-likeness (QED) is 0.799. The zero-order valence-corrected chi connectivity index (χ0v) is 10.7. The van der Waals surface area contributed by atoms with Crippen LogP contribution in [0.5, 0.6) is 11.6 Å². The molecule has 0 amide bonds. The highest BCUT2D eigenvalue weighted by molar-refractivity contribution is 5.92. The van der Waals surface area contributed by atoms with Gasteiger partial charge >= 0.3 is 5.97 Å². The number of carboxylic acid groups (broad SMARTS) is 1. The molecular formula is C15H9FN2O3. The number of aromatic carboxylic acids is 1. The number of aromatic nitrogens is 2. The van der Waals surface area contributed by atoms with Crippen molar-refractivity contribution in [1.82, 2.24) is 10.2 Å². The standard InChI is InChI=1S/C15H9FN2O3/c16-11-6-3-7-12(13(11)15(19)20)21-14-10-5-2-1-4-9(10)8-17-18-14/h1-8H,(H,19,20). The van der Waals surface area contributed by atoms with Gasteiger partial charge in [-0.2, -0.15) is 5.10 Å². The van der Waals surface area contributed by atoms with Crippen LogP contribution < -0.4 is 4.74 Å². The average Bonchev–Trinajstić information content (AvgIpc) is 2.47. The molecule has 5 nitrogen and oxygen atoms in total. The molecular weight excluding hydrogens is 275 g/mol. The Labute approximate surface area is 118 Å². The minimum atomic E-state index is -1.41. The first-order valence-corrected chi connectivity index (χ1v) is 6.07. The summed E-state index contributed by atoms with van der Waals surface area (Å²) in [6.45, 7) is 0. The van der Waals surface area contributed by atoms with Gasteiger partial charge in [0.1, 0.15) is 17.1 Å². The lowest BCUT2D eigenvalue weighted by molar-refractivity contribution is 0.0689. The number of hydrogen-bond donors (Lipinski definition) is 1. The molecule has 0 fully saturated rings. The molecule has 0 saturated heterocycles. The summed E-state index contributed by atoms with van der Waals surface area (Å²) in [6, 6.07) is 11.0. The Morgan fingerprint density at radius 3 is 2.76 bits per heavy atom. The predicted molar refractivity (Wildman–Crippen MR) is 73.0 cm³/mol. The van der Waals surface area contributed by atoms with Crippen molar-refractivity contribution < 1.29 is 19.0 Å². The second-order valence-electron chi connectivity index (χ2n) is 4.26. The zero-order chi connectivity index (χ0) is 14.8. The molecule has 3 rings (SSSR count). The number of fused-ring (bicyclic) bond motifs is 1. The van der Waals surface area contributed by atoms with E-state index in [1.807, 2.05) is 12.1 Å². The van der Waals surface area contributed by atoms with E-state index in [0.717, 1.165) is 11.5 Å². The highest BCUT2D eigenvalue weighted by atomic mass is 19.1. The van der Waals surface area contributed by atoms with Crippen LogP contribution in [0.15, 0.2) is 48.7 Å². The Kier molecular flexibility index (Phi) is 3.19. The summed E-state index contributed by atoms with van der Waals surface area (Å²) in [5, 5.41) is 18.2. The Morgan fingerprint density at radius 1 is 1.14 bits per heavy atom. The van der Waals surface area contributed by atoms with Crippen LogP contribution in [0.1, 0.15) is 10.4 Å². The summed E-state index contributed by atoms with van der Waals surface area (Å²) in [6.07, 6.45) is 1.56. The summed E-state index contributed by atoms with van der Waals surface area (Å²) in [5.74, 6) is -2.26. The van der Waals surface area contributed by atoms with E-state index >= 15 is 0 Å². The van der Waals surface area contributed by atoms with Crippen LogP contribution in [0.3, 0.4) is 0 Å². The maximum atomic E-state index is 13.6. The van der Waals surface area contributed by atoms with Crippen molar-refractivity contribution in [2.75, 3.05) is 0 Å². The van der Waals surface area contributed by atoms with Crippen LogP contribution in [-0.2, 0) is 0 Å². The maximum Gasteiger partial charge on any atom is 0.342 e. The van der Waals surface area contributed by atoms with Crippen LogP contribution in [-0.4, -0.2) is 21.3 Å². The molecule has 2 aromatic carbocycles. The third kappa shape index (κ3) is 2.38. The van der Waals surface area contributed by atoms with E-state index < -0.39 is 17.3 Å². The van der Waals surface area contributed by atoms with Gasteiger partial charge in [-0.05, 0) is 18.2 Å². The SMILES string of the molecule is O=C(O)c1c(F)cccc1Oc1nncc2ccccc12. The van der Waals surface area contributed by atoms with Crippen molar-refractivity contribution in [3.05, 3.63) is 60.0 Å². The molecule has 0 radical (unpaired) electrons. The van der Waals surface area contributed by atoms with Gasteiger partial charge in [-0.15, -0.1) is 5.10 Å². The number of benzene rings is 2. The molecule has 0 spiro atoms. The Balaban J connectivity index is 2.12. The lowest BCUT2D eigenvalue weighted by Crippen LogP contribution is -2.04. The van der Waals surface area contributed by atoms with Crippen LogP contribution in [0.25, 0.3) is 10.8 Å².